The van der Waals surface area contributed by atoms with E-state index in [9.17, 15) is 14.4 Å². The Balaban J connectivity index is 1.36. The van der Waals surface area contributed by atoms with E-state index in [1.54, 1.807) is 0 Å². The van der Waals surface area contributed by atoms with Crippen molar-refractivity contribution in [1.82, 2.24) is 10.2 Å². The predicted octanol–water partition coefficient (Wildman–Crippen LogP) is 4.27. The molecule has 1 fully saturated rings. The van der Waals surface area contributed by atoms with E-state index in [0.717, 1.165) is 16.7 Å². The van der Waals surface area contributed by atoms with Crippen molar-refractivity contribution in [2.45, 2.75) is 44.6 Å². The summed E-state index contributed by atoms with van der Waals surface area (Å²) < 4.78 is 16.3. The summed E-state index contributed by atoms with van der Waals surface area (Å²) in [6.07, 6.45) is 0.821. The van der Waals surface area contributed by atoms with Gasteiger partial charge in [0.2, 0.25) is 5.91 Å². The highest BCUT2D eigenvalue weighted by molar-refractivity contribution is 5.90. The summed E-state index contributed by atoms with van der Waals surface area (Å²) in [5.74, 6) is -0.319. The quantitative estimate of drug-likeness (QED) is 0.405. The SMILES string of the molecule is COC(=O)[C@@H](Cc1cccc(OCc2ccccc2)c1)NC(=O)[C@H]1CCCN1C(=O)OCc1ccccc1. The van der Waals surface area contributed by atoms with Crippen molar-refractivity contribution < 1.29 is 28.6 Å². The van der Waals surface area contributed by atoms with Gasteiger partial charge in [-0.05, 0) is 41.7 Å². The molecule has 0 bridgehead atoms. The second-order valence-electron chi connectivity index (χ2n) is 9.10. The number of hydrogen-bond donors (Lipinski definition) is 1. The number of amides is 2. The van der Waals surface area contributed by atoms with E-state index in [-0.39, 0.29) is 13.0 Å². The third-order valence-corrected chi connectivity index (χ3v) is 6.38. The van der Waals surface area contributed by atoms with Gasteiger partial charge in [0.05, 0.1) is 7.11 Å². The molecule has 0 unspecified atom stereocenters. The molecule has 2 atom stereocenters. The fourth-order valence-electron chi connectivity index (χ4n) is 4.40. The van der Waals surface area contributed by atoms with Crippen LogP contribution in [0, 0.1) is 0 Å². The van der Waals surface area contributed by atoms with E-state index in [1.165, 1.54) is 12.0 Å². The Morgan fingerprint density at radius 1 is 0.895 bits per heavy atom. The summed E-state index contributed by atoms with van der Waals surface area (Å²) in [6, 6.07) is 24.9. The molecule has 0 saturated carbocycles. The number of methoxy groups -OCH3 is 1. The molecule has 3 aromatic rings. The number of carbonyl (C=O) groups excluding carboxylic acids is 3. The molecule has 0 aromatic heterocycles. The van der Waals surface area contributed by atoms with Gasteiger partial charge in [0.15, 0.2) is 0 Å². The lowest BCUT2D eigenvalue weighted by atomic mass is 10.0. The Hall–Kier alpha value is -4.33. The van der Waals surface area contributed by atoms with Crippen LogP contribution in [0.3, 0.4) is 0 Å². The molecule has 1 aliphatic rings. The van der Waals surface area contributed by atoms with Gasteiger partial charge in [-0.2, -0.15) is 0 Å². The second-order valence-corrected chi connectivity index (χ2v) is 9.10. The number of benzene rings is 3. The van der Waals surface area contributed by atoms with Gasteiger partial charge < -0.3 is 19.5 Å². The summed E-state index contributed by atoms with van der Waals surface area (Å²) in [4.78, 5) is 39.9. The highest BCUT2D eigenvalue weighted by Crippen LogP contribution is 2.21. The number of carbonyl (C=O) groups is 3. The molecular weight excluding hydrogens is 484 g/mol. The summed E-state index contributed by atoms with van der Waals surface area (Å²) >= 11 is 0. The smallest absolute Gasteiger partial charge is 0.410 e. The zero-order valence-electron chi connectivity index (χ0n) is 21.4. The van der Waals surface area contributed by atoms with Crippen molar-refractivity contribution in [3.63, 3.8) is 0 Å². The van der Waals surface area contributed by atoms with E-state index < -0.39 is 30.1 Å². The molecule has 8 nitrogen and oxygen atoms in total. The first-order valence-electron chi connectivity index (χ1n) is 12.6. The molecule has 1 heterocycles. The fraction of sp³-hybridized carbons (Fsp3) is 0.300. The van der Waals surface area contributed by atoms with Crippen LogP contribution in [-0.4, -0.2) is 48.6 Å². The minimum absolute atomic E-state index is 0.123. The maximum atomic E-state index is 13.2. The topological polar surface area (TPSA) is 94.2 Å². The van der Waals surface area contributed by atoms with E-state index in [2.05, 4.69) is 5.32 Å². The van der Waals surface area contributed by atoms with Crippen LogP contribution in [0.2, 0.25) is 0 Å². The van der Waals surface area contributed by atoms with Gasteiger partial charge in [0.25, 0.3) is 0 Å². The van der Waals surface area contributed by atoms with E-state index in [0.29, 0.717) is 31.7 Å². The lowest BCUT2D eigenvalue weighted by molar-refractivity contribution is -0.145. The number of rotatable bonds is 10. The highest BCUT2D eigenvalue weighted by Gasteiger charge is 2.37. The Morgan fingerprint density at radius 2 is 1.55 bits per heavy atom. The molecule has 38 heavy (non-hydrogen) atoms. The van der Waals surface area contributed by atoms with Crippen LogP contribution in [0.5, 0.6) is 5.75 Å². The van der Waals surface area contributed by atoms with Gasteiger partial charge >= 0.3 is 12.1 Å². The van der Waals surface area contributed by atoms with Gasteiger partial charge in [-0.25, -0.2) is 9.59 Å². The fourth-order valence-corrected chi connectivity index (χ4v) is 4.40. The van der Waals surface area contributed by atoms with Crippen LogP contribution in [0.15, 0.2) is 84.9 Å². The predicted molar refractivity (Wildman–Crippen MR) is 141 cm³/mol. The van der Waals surface area contributed by atoms with Crippen LogP contribution in [0.4, 0.5) is 4.79 Å². The van der Waals surface area contributed by atoms with Crippen molar-refractivity contribution in [2.75, 3.05) is 13.7 Å². The minimum atomic E-state index is -0.917. The molecule has 1 saturated heterocycles. The maximum absolute atomic E-state index is 13.2. The lowest BCUT2D eigenvalue weighted by Crippen LogP contribution is -2.51. The molecule has 3 aromatic carbocycles. The first-order chi connectivity index (χ1) is 18.5. The Bertz CT molecular complexity index is 1220. The molecule has 1 aliphatic heterocycles. The Morgan fingerprint density at radius 3 is 2.24 bits per heavy atom. The van der Waals surface area contributed by atoms with Crippen LogP contribution < -0.4 is 10.1 Å². The van der Waals surface area contributed by atoms with E-state index >= 15 is 0 Å². The number of likely N-dealkylation sites (tertiary alicyclic amines) is 1. The molecule has 2 amide bonds. The summed E-state index contributed by atoms with van der Waals surface area (Å²) in [7, 11) is 1.28. The molecule has 4 rings (SSSR count). The van der Waals surface area contributed by atoms with Crippen LogP contribution >= 0.6 is 0 Å². The Kier molecular flexibility index (Phi) is 9.34. The van der Waals surface area contributed by atoms with Gasteiger partial charge in [-0.1, -0.05) is 72.8 Å². The summed E-state index contributed by atoms with van der Waals surface area (Å²) in [6.45, 7) is 0.951. The molecule has 8 heteroatoms. The van der Waals surface area contributed by atoms with Crippen molar-refractivity contribution >= 4 is 18.0 Å². The first kappa shape index (κ1) is 26.7. The number of nitrogens with zero attached hydrogens (tertiary/aromatic N) is 1. The lowest BCUT2D eigenvalue weighted by Gasteiger charge is -2.25. The van der Waals surface area contributed by atoms with Crippen molar-refractivity contribution in [1.29, 1.82) is 0 Å². The van der Waals surface area contributed by atoms with Gasteiger partial charge in [0, 0.05) is 13.0 Å². The maximum Gasteiger partial charge on any atom is 0.410 e. The highest BCUT2D eigenvalue weighted by atomic mass is 16.6. The van der Waals surface area contributed by atoms with Crippen LogP contribution in [0.1, 0.15) is 29.5 Å². The van der Waals surface area contributed by atoms with Crippen molar-refractivity contribution in [3.05, 3.63) is 102 Å². The molecular formula is C30H32N2O6. The molecule has 0 aliphatic carbocycles. The van der Waals surface area contributed by atoms with Crippen LogP contribution in [-0.2, 0) is 38.7 Å². The normalized spacial score (nSPS) is 15.4. The van der Waals surface area contributed by atoms with Gasteiger partial charge in [-0.3, -0.25) is 9.69 Å². The summed E-state index contributed by atoms with van der Waals surface area (Å²) in [5.41, 5.74) is 2.71. The average molecular weight is 517 g/mol. The second kappa shape index (κ2) is 13.3. The average Bonchev–Trinajstić information content (AvgIpc) is 3.46. The van der Waals surface area contributed by atoms with Gasteiger partial charge in [-0.15, -0.1) is 0 Å². The molecule has 0 spiro atoms. The number of hydrogen-bond acceptors (Lipinski definition) is 6. The third-order valence-electron chi connectivity index (χ3n) is 6.38. The third kappa shape index (κ3) is 7.35. The summed E-state index contributed by atoms with van der Waals surface area (Å²) in [5, 5.41) is 2.79. The van der Waals surface area contributed by atoms with Crippen LogP contribution in [0.25, 0.3) is 0 Å². The zero-order valence-corrected chi connectivity index (χ0v) is 21.4. The minimum Gasteiger partial charge on any atom is -0.489 e. The number of ether oxygens (including phenoxy) is 3. The van der Waals surface area contributed by atoms with E-state index in [1.807, 2.05) is 84.9 Å². The van der Waals surface area contributed by atoms with Gasteiger partial charge in [0.1, 0.15) is 31.0 Å². The first-order valence-corrected chi connectivity index (χ1v) is 12.6. The van der Waals surface area contributed by atoms with E-state index in [4.69, 9.17) is 14.2 Å². The standard InChI is InChI=1S/C30H32N2O6/c1-36-29(34)26(19-24-14-8-15-25(18-24)37-20-22-10-4-2-5-11-22)31-28(33)27-16-9-17-32(27)30(35)38-21-23-12-6-3-7-13-23/h2-8,10-15,18,26-27H,9,16-17,19-21H2,1H3,(H,31,33)/t26-,27-/m1/s1. The number of nitrogens with one attached hydrogen (secondary N) is 1. The zero-order chi connectivity index (χ0) is 26.7. The van der Waals surface area contributed by atoms with Crippen molar-refractivity contribution in [3.8, 4) is 5.75 Å². The largest absolute Gasteiger partial charge is 0.489 e. The monoisotopic (exact) mass is 516 g/mol. The van der Waals surface area contributed by atoms with Crippen molar-refractivity contribution in [2.24, 2.45) is 0 Å². The Labute approximate surface area is 222 Å². The molecule has 1 N–H and O–H groups in total. The number of esters is 1. The molecule has 0 radical (unpaired) electrons. The molecule has 198 valence electrons.